The smallest absolute Gasteiger partial charge is 0.337 e. The summed E-state index contributed by atoms with van der Waals surface area (Å²) in [6.07, 6.45) is 2.35. The molecule has 1 fully saturated rings. The van der Waals surface area contributed by atoms with E-state index in [4.69, 9.17) is 4.74 Å². The average molecular weight is 288 g/mol. The van der Waals surface area contributed by atoms with E-state index in [1.165, 1.54) is 13.2 Å². The van der Waals surface area contributed by atoms with Crippen molar-refractivity contribution in [1.29, 1.82) is 0 Å². The maximum absolute atomic E-state index is 12.4. The van der Waals surface area contributed by atoms with Gasteiger partial charge in [-0.05, 0) is 36.6 Å². The molecule has 0 saturated heterocycles. The largest absolute Gasteiger partial charge is 0.465 e. The molecule has 6 heteroatoms. The number of hydrogen-bond acceptors (Lipinski definition) is 4. The minimum Gasteiger partial charge on any atom is -0.465 e. The van der Waals surface area contributed by atoms with Crippen LogP contribution >= 0.6 is 11.8 Å². The molecule has 0 N–H and O–H groups in total. The lowest BCUT2D eigenvalue weighted by Crippen LogP contribution is -2.04. The number of thioether (sulfide) groups is 1. The van der Waals surface area contributed by atoms with Crippen LogP contribution in [0, 0.1) is 0 Å². The molecule has 0 amide bonds. The van der Waals surface area contributed by atoms with E-state index in [0.29, 0.717) is 28.8 Å². The number of hydrogen-bond donors (Lipinski definition) is 0. The molecule has 19 heavy (non-hydrogen) atoms. The van der Waals surface area contributed by atoms with Gasteiger partial charge >= 0.3 is 5.97 Å². The molecular formula is C13H14F2O3S. The second kappa shape index (κ2) is 6.34. The molecule has 2 rings (SSSR count). The van der Waals surface area contributed by atoms with Crippen LogP contribution in [0.5, 0.6) is 0 Å². The van der Waals surface area contributed by atoms with Crippen molar-refractivity contribution in [3.8, 4) is 0 Å². The molecule has 0 spiro atoms. The highest BCUT2D eigenvalue weighted by molar-refractivity contribution is 7.99. The van der Waals surface area contributed by atoms with Gasteiger partial charge in [0.15, 0.2) is 0 Å². The Morgan fingerprint density at radius 1 is 1.42 bits per heavy atom. The number of halogens is 2. The summed E-state index contributed by atoms with van der Waals surface area (Å²) >= 11 is 0.408. The minimum absolute atomic E-state index is 0.266. The van der Waals surface area contributed by atoms with E-state index in [-0.39, 0.29) is 11.7 Å². The van der Waals surface area contributed by atoms with Gasteiger partial charge in [-0.1, -0.05) is 11.8 Å². The van der Waals surface area contributed by atoms with Crippen LogP contribution in [-0.4, -0.2) is 24.9 Å². The van der Waals surface area contributed by atoms with Gasteiger partial charge in [-0.3, -0.25) is 0 Å². The first-order valence-electron chi connectivity index (χ1n) is 5.87. The van der Waals surface area contributed by atoms with Crippen molar-refractivity contribution in [2.75, 3.05) is 7.11 Å². The number of esters is 1. The van der Waals surface area contributed by atoms with Crippen LogP contribution in [0.15, 0.2) is 23.1 Å². The molecule has 1 aromatic carbocycles. The van der Waals surface area contributed by atoms with E-state index in [9.17, 15) is 13.6 Å². The third-order valence-corrected chi connectivity index (χ3v) is 3.31. The number of carbonyl (C=O) groups excluding carboxylic acids is 1. The highest BCUT2D eigenvalue weighted by Gasteiger charge is 2.22. The van der Waals surface area contributed by atoms with Crippen molar-refractivity contribution in [3.63, 3.8) is 0 Å². The number of carbonyl (C=O) groups is 1. The van der Waals surface area contributed by atoms with Crippen LogP contribution in [0.2, 0.25) is 0 Å². The summed E-state index contributed by atoms with van der Waals surface area (Å²) in [5.41, 5.74) is 0.973. The lowest BCUT2D eigenvalue weighted by Gasteiger charge is -2.09. The van der Waals surface area contributed by atoms with Crippen LogP contribution in [0.4, 0.5) is 8.78 Å². The molecule has 0 bridgehead atoms. The molecule has 1 aromatic rings. The van der Waals surface area contributed by atoms with Gasteiger partial charge in [0.1, 0.15) is 0 Å². The third kappa shape index (κ3) is 4.47. The molecule has 0 atom stereocenters. The molecule has 0 radical (unpaired) electrons. The van der Waals surface area contributed by atoms with Gasteiger partial charge in [0.05, 0.1) is 25.4 Å². The van der Waals surface area contributed by atoms with Gasteiger partial charge in [0.25, 0.3) is 5.76 Å². The van der Waals surface area contributed by atoms with Crippen molar-refractivity contribution in [2.24, 2.45) is 0 Å². The summed E-state index contributed by atoms with van der Waals surface area (Å²) in [4.78, 5) is 11.8. The predicted octanol–water partition coefficient (Wildman–Crippen LogP) is 3.47. The minimum atomic E-state index is -2.52. The number of alkyl halides is 2. The second-order valence-electron chi connectivity index (χ2n) is 4.25. The summed E-state index contributed by atoms with van der Waals surface area (Å²) in [5, 5.41) is 0. The van der Waals surface area contributed by atoms with Crippen LogP contribution < -0.4 is 0 Å². The highest BCUT2D eigenvalue weighted by Crippen LogP contribution is 2.29. The molecule has 3 nitrogen and oxygen atoms in total. The maximum Gasteiger partial charge on any atom is 0.337 e. The molecule has 0 unspecified atom stereocenters. The monoisotopic (exact) mass is 288 g/mol. The van der Waals surface area contributed by atoms with E-state index >= 15 is 0 Å². The summed E-state index contributed by atoms with van der Waals surface area (Å²) in [5.74, 6) is -3.06. The van der Waals surface area contributed by atoms with Crippen LogP contribution in [0.25, 0.3) is 0 Å². The van der Waals surface area contributed by atoms with Crippen molar-refractivity contribution in [1.82, 2.24) is 0 Å². The summed E-state index contributed by atoms with van der Waals surface area (Å²) in [7, 11) is 1.26. The van der Waals surface area contributed by atoms with Crippen molar-refractivity contribution in [2.45, 2.75) is 36.2 Å². The molecule has 0 aromatic heterocycles. The van der Waals surface area contributed by atoms with Crippen molar-refractivity contribution < 1.29 is 23.0 Å². The zero-order chi connectivity index (χ0) is 13.8. The molecule has 1 aliphatic carbocycles. The first-order chi connectivity index (χ1) is 9.08. The van der Waals surface area contributed by atoms with Gasteiger partial charge in [0.2, 0.25) is 0 Å². The summed E-state index contributed by atoms with van der Waals surface area (Å²) in [6.45, 7) is 0.326. The quantitative estimate of drug-likeness (QED) is 0.593. The number of benzene rings is 1. The molecule has 1 aliphatic rings. The Labute approximate surface area is 114 Å². The fourth-order valence-electron chi connectivity index (χ4n) is 1.60. The molecule has 0 heterocycles. The van der Waals surface area contributed by atoms with Gasteiger partial charge < -0.3 is 9.47 Å². The maximum atomic E-state index is 12.4. The molecular weight excluding hydrogens is 274 g/mol. The SMILES string of the molecule is COC(=O)c1cc(COC2CC2)cc(SC(F)F)c1. The fraction of sp³-hybridized carbons (Fsp3) is 0.462. The predicted molar refractivity (Wildman–Crippen MR) is 67.5 cm³/mol. The molecule has 1 saturated carbocycles. The van der Waals surface area contributed by atoms with E-state index in [0.717, 1.165) is 12.8 Å². The summed E-state index contributed by atoms with van der Waals surface area (Å²) < 4.78 is 34.9. The van der Waals surface area contributed by atoms with E-state index in [1.807, 2.05) is 0 Å². The first kappa shape index (κ1) is 14.3. The number of rotatable bonds is 6. The van der Waals surface area contributed by atoms with Crippen LogP contribution in [0.1, 0.15) is 28.8 Å². The Balaban J connectivity index is 2.16. The lowest BCUT2D eigenvalue weighted by atomic mass is 10.1. The van der Waals surface area contributed by atoms with Crippen LogP contribution in [0.3, 0.4) is 0 Å². The van der Waals surface area contributed by atoms with E-state index in [1.54, 1.807) is 12.1 Å². The topological polar surface area (TPSA) is 35.5 Å². The van der Waals surface area contributed by atoms with Gasteiger partial charge in [0, 0.05) is 4.90 Å². The Bertz CT molecular complexity index is 461. The Hall–Kier alpha value is -1.14. The average Bonchev–Trinajstić information content (AvgIpc) is 3.18. The Morgan fingerprint density at radius 3 is 2.74 bits per heavy atom. The summed E-state index contributed by atoms with van der Waals surface area (Å²) in [6, 6.07) is 4.64. The first-order valence-corrected chi connectivity index (χ1v) is 6.75. The van der Waals surface area contributed by atoms with Crippen LogP contribution in [-0.2, 0) is 16.1 Å². The van der Waals surface area contributed by atoms with E-state index < -0.39 is 11.7 Å². The van der Waals surface area contributed by atoms with Crippen molar-refractivity contribution >= 4 is 17.7 Å². The Kier molecular flexibility index (Phi) is 4.76. The van der Waals surface area contributed by atoms with Gasteiger partial charge in [-0.15, -0.1) is 0 Å². The third-order valence-electron chi connectivity index (χ3n) is 2.62. The second-order valence-corrected chi connectivity index (χ2v) is 5.31. The van der Waals surface area contributed by atoms with E-state index in [2.05, 4.69) is 4.74 Å². The van der Waals surface area contributed by atoms with Crippen molar-refractivity contribution in [3.05, 3.63) is 29.3 Å². The lowest BCUT2D eigenvalue weighted by molar-refractivity contribution is 0.0599. The highest BCUT2D eigenvalue weighted by atomic mass is 32.2. The zero-order valence-corrected chi connectivity index (χ0v) is 11.2. The fourth-order valence-corrected chi connectivity index (χ4v) is 2.22. The molecule has 0 aliphatic heterocycles. The zero-order valence-electron chi connectivity index (χ0n) is 10.4. The van der Waals surface area contributed by atoms with Gasteiger partial charge in [-0.2, -0.15) is 8.78 Å². The standard InChI is InChI=1S/C13H14F2O3S/c1-17-12(16)9-4-8(7-18-10-2-3-10)5-11(6-9)19-13(14)15/h4-6,10,13H,2-3,7H2,1H3. The number of methoxy groups -OCH3 is 1. The Morgan fingerprint density at radius 2 is 2.16 bits per heavy atom. The molecule has 104 valence electrons. The van der Waals surface area contributed by atoms with Gasteiger partial charge in [-0.25, -0.2) is 4.79 Å². The number of ether oxygens (including phenoxy) is 2. The normalized spacial score (nSPS) is 14.7.